The van der Waals surface area contributed by atoms with E-state index in [2.05, 4.69) is 16.0 Å². The standard InChI is InChI=1S/C23H31FN6O2/c1-14(25)18(11-27-3)16-4-5-22(20(24)10-16)29-23(26)19-12-30(15(2)31)8-6-21(19)28-17-7-9-32-13-17/h4-5,10-11,17,25,27-28H,6-9,12-13H2,1-3H3,(H2,26,29)/b18-11+,25-14?. The molecule has 1 fully saturated rings. The molecular weight excluding hydrogens is 411 g/mol. The number of benzene rings is 1. The molecule has 5 N–H and O–H groups in total. The maximum atomic E-state index is 14.9. The Bertz CT molecular complexity index is 965. The lowest BCUT2D eigenvalue weighted by atomic mass is 10.0. The summed E-state index contributed by atoms with van der Waals surface area (Å²) in [4.78, 5) is 13.6. The van der Waals surface area contributed by atoms with Gasteiger partial charge in [0.15, 0.2) is 0 Å². The zero-order valence-corrected chi connectivity index (χ0v) is 18.8. The van der Waals surface area contributed by atoms with Crippen LogP contribution >= 0.6 is 0 Å². The zero-order chi connectivity index (χ0) is 23.3. The van der Waals surface area contributed by atoms with Gasteiger partial charge >= 0.3 is 0 Å². The van der Waals surface area contributed by atoms with E-state index in [0.717, 1.165) is 12.1 Å². The van der Waals surface area contributed by atoms with Crippen LogP contribution in [0.1, 0.15) is 32.3 Å². The second-order valence-electron chi connectivity index (χ2n) is 8.02. The molecule has 32 heavy (non-hydrogen) atoms. The topological polar surface area (TPSA) is 113 Å². The lowest BCUT2D eigenvalue weighted by Crippen LogP contribution is -2.42. The van der Waals surface area contributed by atoms with E-state index in [1.807, 2.05) is 0 Å². The number of carbonyl (C=O) groups excluding carboxylic acids is 1. The number of halogens is 1. The summed E-state index contributed by atoms with van der Waals surface area (Å²) in [5.41, 5.74) is 3.19. The van der Waals surface area contributed by atoms with E-state index in [1.54, 1.807) is 37.2 Å². The van der Waals surface area contributed by atoms with Crippen LogP contribution < -0.4 is 16.0 Å². The first kappa shape index (κ1) is 23.5. The Balaban J connectivity index is 1.83. The number of anilines is 1. The van der Waals surface area contributed by atoms with Gasteiger partial charge in [0.2, 0.25) is 5.91 Å². The number of amides is 1. The smallest absolute Gasteiger partial charge is 0.219 e. The van der Waals surface area contributed by atoms with Crippen molar-refractivity contribution in [1.29, 1.82) is 10.8 Å². The molecule has 0 radical (unpaired) electrons. The lowest BCUT2D eigenvalue weighted by molar-refractivity contribution is -0.128. The summed E-state index contributed by atoms with van der Waals surface area (Å²) >= 11 is 0. The summed E-state index contributed by atoms with van der Waals surface area (Å²) in [6, 6.07) is 4.81. The van der Waals surface area contributed by atoms with Crippen LogP contribution in [-0.2, 0) is 9.53 Å². The zero-order valence-electron chi connectivity index (χ0n) is 18.8. The molecule has 0 spiro atoms. The van der Waals surface area contributed by atoms with Gasteiger partial charge in [-0.15, -0.1) is 0 Å². The van der Waals surface area contributed by atoms with Gasteiger partial charge < -0.3 is 31.0 Å². The molecule has 172 valence electrons. The fourth-order valence-corrected chi connectivity index (χ4v) is 3.86. The van der Waals surface area contributed by atoms with Crippen molar-refractivity contribution in [3.63, 3.8) is 0 Å². The van der Waals surface area contributed by atoms with Crippen LogP contribution in [0.3, 0.4) is 0 Å². The maximum absolute atomic E-state index is 14.9. The summed E-state index contributed by atoms with van der Waals surface area (Å²) in [7, 11) is 1.72. The van der Waals surface area contributed by atoms with Gasteiger partial charge in [-0.05, 0) is 31.0 Å². The maximum Gasteiger partial charge on any atom is 0.219 e. The van der Waals surface area contributed by atoms with Crippen molar-refractivity contribution < 1.29 is 13.9 Å². The van der Waals surface area contributed by atoms with Gasteiger partial charge in [0.25, 0.3) is 0 Å². The minimum Gasteiger partial charge on any atom is -0.393 e. The number of nitrogens with one attached hydrogen (secondary N) is 5. The number of amidine groups is 1. The molecule has 1 atom stereocenters. The van der Waals surface area contributed by atoms with Gasteiger partial charge in [-0.2, -0.15) is 0 Å². The Morgan fingerprint density at radius 3 is 2.69 bits per heavy atom. The molecule has 1 aromatic carbocycles. The first-order valence-corrected chi connectivity index (χ1v) is 10.7. The van der Waals surface area contributed by atoms with E-state index in [0.29, 0.717) is 55.1 Å². The van der Waals surface area contributed by atoms with E-state index in [4.69, 9.17) is 15.6 Å². The Morgan fingerprint density at radius 1 is 1.31 bits per heavy atom. The van der Waals surface area contributed by atoms with Gasteiger partial charge in [0.1, 0.15) is 11.7 Å². The Hall–Kier alpha value is -3.20. The van der Waals surface area contributed by atoms with Crippen LogP contribution in [0.2, 0.25) is 0 Å². The molecule has 0 saturated carbocycles. The highest BCUT2D eigenvalue weighted by Gasteiger charge is 2.26. The highest BCUT2D eigenvalue weighted by Crippen LogP contribution is 2.24. The van der Waals surface area contributed by atoms with Gasteiger partial charge in [-0.25, -0.2) is 4.39 Å². The van der Waals surface area contributed by atoms with Crippen LogP contribution in [0.5, 0.6) is 0 Å². The monoisotopic (exact) mass is 442 g/mol. The predicted molar refractivity (Wildman–Crippen MR) is 124 cm³/mol. The van der Waals surface area contributed by atoms with Crippen molar-refractivity contribution in [2.45, 2.75) is 32.7 Å². The molecule has 2 aliphatic rings. The highest BCUT2D eigenvalue weighted by molar-refractivity contribution is 6.21. The fourth-order valence-electron chi connectivity index (χ4n) is 3.86. The van der Waals surface area contributed by atoms with Crippen LogP contribution in [0.25, 0.3) is 5.57 Å². The summed E-state index contributed by atoms with van der Waals surface area (Å²) in [6.07, 6.45) is 3.15. The Labute approximate surface area is 187 Å². The molecule has 2 heterocycles. The average molecular weight is 443 g/mol. The van der Waals surface area contributed by atoms with E-state index >= 15 is 0 Å². The van der Waals surface area contributed by atoms with Crippen molar-refractivity contribution in [1.82, 2.24) is 15.5 Å². The van der Waals surface area contributed by atoms with Crippen LogP contribution in [0, 0.1) is 16.6 Å². The number of carbonyl (C=O) groups is 1. The number of allylic oxidation sites excluding steroid dienone is 1. The summed E-state index contributed by atoms with van der Waals surface area (Å²) in [6.45, 7) is 5.33. The number of hydrogen-bond donors (Lipinski definition) is 5. The van der Waals surface area contributed by atoms with Gasteiger partial charge in [0.05, 0.1) is 24.9 Å². The SMILES string of the molecule is CN/C=C(\C(C)=N)c1ccc(NC(=N)C2=C(NC3CCOC3)CCN(C(C)=O)C2)c(F)c1. The molecule has 0 bridgehead atoms. The Kier molecular flexibility index (Phi) is 7.63. The summed E-state index contributed by atoms with van der Waals surface area (Å²) < 4.78 is 20.3. The third-order valence-corrected chi connectivity index (χ3v) is 5.63. The van der Waals surface area contributed by atoms with Crippen molar-refractivity contribution >= 4 is 28.7 Å². The van der Waals surface area contributed by atoms with Crippen molar-refractivity contribution in [3.05, 3.63) is 47.0 Å². The normalized spacial score (nSPS) is 19.1. The van der Waals surface area contributed by atoms with Crippen LogP contribution in [0.15, 0.2) is 35.7 Å². The van der Waals surface area contributed by atoms with Crippen molar-refractivity contribution in [3.8, 4) is 0 Å². The van der Waals surface area contributed by atoms with Gasteiger partial charge in [0, 0.05) is 62.3 Å². The van der Waals surface area contributed by atoms with E-state index in [-0.39, 0.29) is 23.5 Å². The molecule has 1 amide bonds. The molecule has 8 nitrogen and oxygen atoms in total. The molecule has 2 aliphatic heterocycles. The lowest BCUT2D eigenvalue weighted by Gasteiger charge is -2.32. The third-order valence-electron chi connectivity index (χ3n) is 5.63. The van der Waals surface area contributed by atoms with E-state index in [1.165, 1.54) is 13.0 Å². The van der Waals surface area contributed by atoms with Gasteiger partial charge in [-0.3, -0.25) is 10.2 Å². The van der Waals surface area contributed by atoms with Crippen molar-refractivity contribution in [2.24, 2.45) is 0 Å². The van der Waals surface area contributed by atoms with Crippen molar-refractivity contribution in [2.75, 3.05) is 38.7 Å². The predicted octanol–water partition coefficient (Wildman–Crippen LogP) is 2.70. The fraction of sp³-hybridized carbons (Fsp3) is 0.435. The largest absolute Gasteiger partial charge is 0.393 e. The molecular formula is C23H31FN6O2. The number of ether oxygens (including phenoxy) is 1. The second kappa shape index (κ2) is 10.4. The highest BCUT2D eigenvalue weighted by atomic mass is 19.1. The molecule has 0 aromatic heterocycles. The quantitative estimate of drug-likeness (QED) is 0.329. The van der Waals surface area contributed by atoms with Crippen LogP contribution in [0.4, 0.5) is 10.1 Å². The minimum absolute atomic E-state index is 0.0539. The number of hydrogen-bond acceptors (Lipinski definition) is 6. The molecule has 1 unspecified atom stereocenters. The molecule has 0 aliphatic carbocycles. The summed E-state index contributed by atoms with van der Waals surface area (Å²) in [5, 5.41) is 25.7. The number of nitrogens with zero attached hydrogens (tertiary/aromatic N) is 1. The summed E-state index contributed by atoms with van der Waals surface area (Å²) in [5.74, 6) is -0.521. The molecule has 1 aromatic rings. The Morgan fingerprint density at radius 2 is 2.09 bits per heavy atom. The van der Waals surface area contributed by atoms with Crippen LogP contribution in [-0.4, -0.2) is 61.7 Å². The number of rotatable bonds is 7. The minimum atomic E-state index is -0.519. The molecule has 3 rings (SSSR count). The average Bonchev–Trinajstić information content (AvgIpc) is 3.26. The first-order chi connectivity index (χ1) is 15.3. The van der Waals surface area contributed by atoms with E-state index in [9.17, 15) is 9.18 Å². The van der Waals surface area contributed by atoms with E-state index < -0.39 is 5.82 Å². The molecule has 9 heteroatoms. The first-order valence-electron chi connectivity index (χ1n) is 10.7. The molecule has 1 saturated heterocycles. The second-order valence-corrected chi connectivity index (χ2v) is 8.02. The van der Waals surface area contributed by atoms with Gasteiger partial charge in [-0.1, -0.05) is 6.07 Å². The third kappa shape index (κ3) is 5.53.